The summed E-state index contributed by atoms with van der Waals surface area (Å²) in [6, 6.07) is 10.3. The molecule has 0 amide bonds. The number of hydrogen-bond acceptors (Lipinski definition) is 7. The minimum Gasteiger partial charge on any atom is -0.492 e. The van der Waals surface area contributed by atoms with Crippen LogP contribution in [0.2, 0.25) is 0 Å². The fraction of sp³-hybridized carbons (Fsp3) is 0.200. The molecule has 1 aliphatic carbocycles. The van der Waals surface area contributed by atoms with Gasteiger partial charge >= 0.3 is 5.97 Å². The number of para-hydroxylation sites is 1. The molecule has 1 aromatic carbocycles. The van der Waals surface area contributed by atoms with Gasteiger partial charge in [-0.15, -0.1) is 0 Å². The number of carbonyl (C=O) groups excluding carboxylic acids is 3. The van der Waals surface area contributed by atoms with E-state index >= 15 is 0 Å². The summed E-state index contributed by atoms with van der Waals surface area (Å²) in [5.41, 5.74) is 0.753. The molecule has 7 heteroatoms. The molecule has 0 unspecified atom stereocenters. The Morgan fingerprint density at radius 2 is 1.81 bits per heavy atom. The van der Waals surface area contributed by atoms with Gasteiger partial charge in [-0.1, -0.05) is 18.2 Å². The van der Waals surface area contributed by atoms with Crippen LogP contribution in [0.3, 0.4) is 0 Å². The second kappa shape index (κ2) is 7.82. The molecule has 0 N–H and O–H groups in total. The molecular weight excluding hydrogens is 350 g/mol. The zero-order valence-corrected chi connectivity index (χ0v) is 14.9. The number of nitrogens with zero attached hydrogens (tertiary/aromatic N) is 1. The predicted octanol–water partition coefficient (Wildman–Crippen LogP) is 2.50. The standard InChI is InChI=1S/C20H17NO6/c1-12-18(23)14-8-9-21-15(17(14)19(24)20(12)25-2)10-27-16(22)11-26-13-6-4-3-5-7-13/h3-9H,10-11H2,1-2H3. The van der Waals surface area contributed by atoms with Crippen LogP contribution in [0.25, 0.3) is 0 Å². The summed E-state index contributed by atoms with van der Waals surface area (Å²) in [6.45, 7) is 0.993. The SMILES string of the molecule is COC1=C(C)C(=O)c2ccnc(COC(=O)COc3ccccc3)c2C1=O. The van der Waals surface area contributed by atoms with E-state index in [1.807, 2.05) is 6.07 Å². The maximum Gasteiger partial charge on any atom is 0.344 e. The number of benzene rings is 1. The molecule has 3 rings (SSSR count). The van der Waals surface area contributed by atoms with Crippen LogP contribution in [0.1, 0.15) is 33.3 Å². The summed E-state index contributed by atoms with van der Waals surface area (Å²) in [5.74, 6) is -0.879. The summed E-state index contributed by atoms with van der Waals surface area (Å²) in [4.78, 5) is 41.1. The minimum absolute atomic E-state index is 0.0273. The fourth-order valence-corrected chi connectivity index (χ4v) is 2.74. The van der Waals surface area contributed by atoms with E-state index in [2.05, 4.69) is 4.98 Å². The molecule has 0 atom stereocenters. The van der Waals surface area contributed by atoms with Gasteiger partial charge in [0.1, 0.15) is 12.4 Å². The van der Waals surface area contributed by atoms with E-state index in [1.54, 1.807) is 24.3 Å². The van der Waals surface area contributed by atoms with Crippen molar-refractivity contribution in [3.8, 4) is 5.75 Å². The van der Waals surface area contributed by atoms with Crippen molar-refractivity contribution in [1.29, 1.82) is 0 Å². The van der Waals surface area contributed by atoms with E-state index in [1.165, 1.54) is 26.3 Å². The monoisotopic (exact) mass is 367 g/mol. The third-order valence-corrected chi connectivity index (χ3v) is 4.06. The molecule has 1 aromatic heterocycles. The lowest BCUT2D eigenvalue weighted by molar-refractivity contribution is -0.147. The van der Waals surface area contributed by atoms with E-state index in [9.17, 15) is 14.4 Å². The first-order chi connectivity index (χ1) is 13.0. The van der Waals surface area contributed by atoms with Gasteiger partial charge in [-0.05, 0) is 25.1 Å². The number of carbonyl (C=O) groups is 3. The van der Waals surface area contributed by atoms with Gasteiger partial charge in [0.25, 0.3) is 0 Å². The van der Waals surface area contributed by atoms with Crippen molar-refractivity contribution in [2.24, 2.45) is 0 Å². The smallest absolute Gasteiger partial charge is 0.344 e. The second-order valence-electron chi connectivity index (χ2n) is 5.76. The number of aromatic nitrogens is 1. The first-order valence-electron chi connectivity index (χ1n) is 8.18. The van der Waals surface area contributed by atoms with Crippen molar-refractivity contribution < 1.29 is 28.6 Å². The Balaban J connectivity index is 1.72. The highest BCUT2D eigenvalue weighted by Crippen LogP contribution is 2.28. The first kappa shape index (κ1) is 18.3. The quantitative estimate of drug-likeness (QED) is 0.724. The fourth-order valence-electron chi connectivity index (χ4n) is 2.74. The highest BCUT2D eigenvalue weighted by molar-refractivity contribution is 6.26. The number of hydrogen-bond donors (Lipinski definition) is 0. The normalized spacial score (nSPS) is 13.3. The second-order valence-corrected chi connectivity index (χ2v) is 5.76. The van der Waals surface area contributed by atoms with Crippen molar-refractivity contribution in [3.05, 3.63) is 70.7 Å². The number of methoxy groups -OCH3 is 1. The molecule has 0 saturated heterocycles. The largest absolute Gasteiger partial charge is 0.492 e. The number of ether oxygens (including phenoxy) is 3. The number of pyridine rings is 1. The number of ketones is 2. The Labute approximate surface area is 155 Å². The van der Waals surface area contributed by atoms with Crippen LogP contribution in [0.4, 0.5) is 0 Å². The molecule has 27 heavy (non-hydrogen) atoms. The predicted molar refractivity (Wildman–Crippen MR) is 94.3 cm³/mol. The van der Waals surface area contributed by atoms with Gasteiger partial charge in [0.05, 0.1) is 18.4 Å². The van der Waals surface area contributed by atoms with Crippen molar-refractivity contribution in [2.45, 2.75) is 13.5 Å². The summed E-state index contributed by atoms with van der Waals surface area (Å²) < 4.78 is 15.5. The number of esters is 1. The molecule has 0 fully saturated rings. The third kappa shape index (κ3) is 3.72. The van der Waals surface area contributed by atoms with Crippen molar-refractivity contribution in [1.82, 2.24) is 4.98 Å². The Morgan fingerprint density at radius 1 is 1.07 bits per heavy atom. The van der Waals surface area contributed by atoms with Gasteiger partial charge in [-0.3, -0.25) is 14.6 Å². The molecule has 0 radical (unpaired) electrons. The molecule has 0 aliphatic heterocycles. The van der Waals surface area contributed by atoms with Crippen LogP contribution < -0.4 is 4.74 Å². The molecule has 2 aromatic rings. The molecule has 0 spiro atoms. The Kier molecular flexibility index (Phi) is 5.30. The third-order valence-electron chi connectivity index (χ3n) is 4.06. The van der Waals surface area contributed by atoms with Gasteiger partial charge in [0, 0.05) is 17.3 Å². The maximum absolute atomic E-state index is 12.6. The number of rotatable bonds is 6. The Hall–Kier alpha value is -3.48. The average Bonchev–Trinajstić information content (AvgIpc) is 2.70. The van der Waals surface area contributed by atoms with E-state index in [0.29, 0.717) is 5.75 Å². The first-order valence-corrected chi connectivity index (χ1v) is 8.18. The van der Waals surface area contributed by atoms with Gasteiger partial charge in [0.15, 0.2) is 18.1 Å². The van der Waals surface area contributed by atoms with E-state index in [4.69, 9.17) is 14.2 Å². The average molecular weight is 367 g/mol. The molecule has 0 saturated carbocycles. The highest BCUT2D eigenvalue weighted by Gasteiger charge is 2.33. The van der Waals surface area contributed by atoms with Gasteiger partial charge in [-0.25, -0.2) is 4.79 Å². The van der Waals surface area contributed by atoms with Crippen molar-refractivity contribution >= 4 is 17.5 Å². The molecule has 7 nitrogen and oxygen atoms in total. The highest BCUT2D eigenvalue weighted by atomic mass is 16.6. The topological polar surface area (TPSA) is 91.8 Å². The maximum atomic E-state index is 12.6. The van der Waals surface area contributed by atoms with Crippen LogP contribution in [0, 0.1) is 0 Å². The number of Topliss-reactive ketones (excluding diaryl/α,β-unsaturated/α-hetero) is 2. The van der Waals surface area contributed by atoms with Gasteiger partial charge < -0.3 is 14.2 Å². The zero-order valence-electron chi connectivity index (χ0n) is 14.9. The molecular formula is C20H17NO6. The number of fused-ring (bicyclic) bond motifs is 1. The molecule has 0 bridgehead atoms. The molecule has 1 aliphatic rings. The summed E-state index contributed by atoms with van der Waals surface area (Å²) in [5, 5.41) is 0. The Morgan fingerprint density at radius 3 is 2.52 bits per heavy atom. The van der Waals surface area contributed by atoms with Gasteiger partial charge in [0.2, 0.25) is 5.78 Å². The van der Waals surface area contributed by atoms with Crippen LogP contribution in [-0.2, 0) is 20.9 Å². The Bertz CT molecular complexity index is 933. The lowest BCUT2D eigenvalue weighted by atomic mass is 9.88. The zero-order chi connectivity index (χ0) is 19.4. The van der Waals surface area contributed by atoms with E-state index in [-0.39, 0.29) is 47.2 Å². The van der Waals surface area contributed by atoms with Crippen molar-refractivity contribution in [2.75, 3.05) is 13.7 Å². The molecule has 1 heterocycles. The van der Waals surface area contributed by atoms with E-state index in [0.717, 1.165) is 0 Å². The summed E-state index contributed by atoms with van der Waals surface area (Å²) in [7, 11) is 1.33. The van der Waals surface area contributed by atoms with Crippen molar-refractivity contribution in [3.63, 3.8) is 0 Å². The summed E-state index contributed by atoms with van der Waals surface area (Å²) >= 11 is 0. The number of allylic oxidation sites excluding steroid dienone is 2. The summed E-state index contributed by atoms with van der Waals surface area (Å²) in [6.07, 6.45) is 1.40. The lowest BCUT2D eigenvalue weighted by Crippen LogP contribution is -2.25. The van der Waals surface area contributed by atoms with Crippen LogP contribution in [-0.4, -0.2) is 36.2 Å². The minimum atomic E-state index is -0.619. The van der Waals surface area contributed by atoms with Gasteiger partial charge in [-0.2, -0.15) is 0 Å². The molecule has 138 valence electrons. The lowest BCUT2D eigenvalue weighted by Gasteiger charge is -2.19. The van der Waals surface area contributed by atoms with E-state index < -0.39 is 11.8 Å². The van der Waals surface area contributed by atoms with Crippen LogP contribution in [0.15, 0.2) is 53.9 Å². The van der Waals surface area contributed by atoms with Crippen LogP contribution in [0.5, 0.6) is 5.75 Å². The van der Waals surface area contributed by atoms with Crippen LogP contribution >= 0.6 is 0 Å².